The maximum absolute atomic E-state index is 13.2. The zero-order valence-corrected chi connectivity index (χ0v) is 22.2. The summed E-state index contributed by atoms with van der Waals surface area (Å²) in [5.41, 5.74) is 4.65. The number of hydrogen-bond donors (Lipinski definition) is 2. The van der Waals surface area contributed by atoms with Gasteiger partial charge in [0.1, 0.15) is 12.6 Å². The largest absolute Gasteiger partial charge is 0.449 e. The molecule has 2 aliphatic rings. The number of aliphatic hydroxyl groups excluding tert-OH is 1. The highest BCUT2D eigenvalue weighted by atomic mass is 33.1. The number of hydrogen-bond acceptors (Lipinski definition) is 6. The summed E-state index contributed by atoms with van der Waals surface area (Å²) in [6.45, 7) is 7.56. The van der Waals surface area contributed by atoms with Crippen LogP contribution in [0.3, 0.4) is 0 Å². The lowest BCUT2D eigenvalue weighted by Crippen LogP contribution is -2.52. The summed E-state index contributed by atoms with van der Waals surface area (Å²) in [5.74, 6) is 0.299. The van der Waals surface area contributed by atoms with Crippen LogP contribution in [0.5, 0.6) is 0 Å². The summed E-state index contributed by atoms with van der Waals surface area (Å²) in [6.07, 6.45) is 0.183. The molecule has 2 aromatic carbocycles. The smallest absolute Gasteiger partial charge is 0.407 e. The van der Waals surface area contributed by atoms with Crippen LogP contribution in [0, 0.1) is 0 Å². The Kier molecular flexibility index (Phi) is 8.34. The fourth-order valence-corrected chi connectivity index (χ4v) is 7.00. The van der Waals surface area contributed by atoms with Crippen molar-refractivity contribution in [1.82, 2.24) is 10.2 Å². The molecule has 2 amide bonds. The molecule has 0 radical (unpaired) electrons. The van der Waals surface area contributed by atoms with Gasteiger partial charge in [-0.2, -0.15) is 0 Å². The minimum atomic E-state index is -0.680. The molecule has 188 valence electrons. The quantitative estimate of drug-likeness (QED) is 0.503. The highest BCUT2D eigenvalue weighted by molar-refractivity contribution is 8.77. The molecule has 0 aromatic heterocycles. The fourth-order valence-electron chi connectivity index (χ4n) is 4.54. The maximum Gasteiger partial charge on any atom is 0.407 e. The molecule has 0 bridgehead atoms. The molecule has 1 aliphatic carbocycles. The van der Waals surface area contributed by atoms with Crippen LogP contribution in [0.1, 0.15) is 50.7 Å². The Balaban J connectivity index is 1.40. The third-order valence-electron chi connectivity index (χ3n) is 6.25. The van der Waals surface area contributed by atoms with Crippen molar-refractivity contribution in [1.29, 1.82) is 0 Å². The SMILES string of the molecule is CC(C)(C)SSC[C@H](NC(=O)OCC1c2ccccc2-c2ccccc21)C(=O)N1CCC(O)CC1. The van der Waals surface area contributed by atoms with Gasteiger partial charge in [0.05, 0.1) is 6.10 Å². The molecule has 2 aromatic rings. The van der Waals surface area contributed by atoms with Gasteiger partial charge in [0.25, 0.3) is 0 Å². The third-order valence-corrected chi connectivity index (χ3v) is 9.60. The highest BCUT2D eigenvalue weighted by Gasteiger charge is 2.32. The van der Waals surface area contributed by atoms with Crippen LogP contribution in [0.4, 0.5) is 4.79 Å². The van der Waals surface area contributed by atoms with E-state index in [4.69, 9.17) is 4.74 Å². The number of carbonyl (C=O) groups is 2. The van der Waals surface area contributed by atoms with E-state index in [0.717, 1.165) is 11.1 Å². The zero-order chi connectivity index (χ0) is 25.0. The Morgan fingerprint density at radius 3 is 2.20 bits per heavy atom. The second-order valence-electron chi connectivity index (χ2n) is 10.1. The van der Waals surface area contributed by atoms with E-state index in [2.05, 4.69) is 50.4 Å². The van der Waals surface area contributed by atoms with E-state index >= 15 is 0 Å². The molecule has 4 rings (SSSR count). The van der Waals surface area contributed by atoms with Crippen molar-refractivity contribution in [3.63, 3.8) is 0 Å². The van der Waals surface area contributed by atoms with E-state index in [0.29, 0.717) is 31.7 Å². The number of likely N-dealkylation sites (tertiary alicyclic amines) is 1. The Morgan fingerprint density at radius 1 is 1.06 bits per heavy atom. The lowest BCUT2D eigenvalue weighted by Gasteiger charge is -2.32. The monoisotopic (exact) mass is 514 g/mol. The van der Waals surface area contributed by atoms with Crippen LogP contribution in [0.25, 0.3) is 11.1 Å². The van der Waals surface area contributed by atoms with Crippen LogP contribution in [0.2, 0.25) is 0 Å². The van der Waals surface area contributed by atoms with Crippen LogP contribution in [-0.4, -0.2) is 64.3 Å². The first-order valence-electron chi connectivity index (χ1n) is 12.1. The van der Waals surface area contributed by atoms with Crippen LogP contribution < -0.4 is 5.32 Å². The molecule has 0 unspecified atom stereocenters. The van der Waals surface area contributed by atoms with E-state index < -0.39 is 12.1 Å². The molecule has 0 spiro atoms. The second-order valence-corrected chi connectivity index (χ2v) is 13.2. The number of nitrogens with one attached hydrogen (secondary N) is 1. The summed E-state index contributed by atoms with van der Waals surface area (Å²) < 4.78 is 5.73. The molecular weight excluding hydrogens is 480 g/mol. The first-order chi connectivity index (χ1) is 16.7. The van der Waals surface area contributed by atoms with Gasteiger partial charge in [-0.1, -0.05) is 90.9 Å². The lowest BCUT2D eigenvalue weighted by atomic mass is 9.98. The summed E-state index contributed by atoms with van der Waals surface area (Å²) in [7, 11) is 3.26. The van der Waals surface area contributed by atoms with Gasteiger partial charge in [-0.15, -0.1) is 0 Å². The van der Waals surface area contributed by atoms with E-state index in [-0.39, 0.29) is 29.3 Å². The average Bonchev–Trinajstić information content (AvgIpc) is 3.15. The number of ether oxygens (including phenoxy) is 1. The predicted octanol–water partition coefficient (Wildman–Crippen LogP) is 5.06. The van der Waals surface area contributed by atoms with E-state index in [1.54, 1.807) is 26.5 Å². The molecule has 0 saturated carbocycles. The number of aliphatic hydroxyl groups is 1. The van der Waals surface area contributed by atoms with Crippen LogP contribution >= 0.6 is 21.6 Å². The molecule has 2 N–H and O–H groups in total. The van der Waals surface area contributed by atoms with Crippen LogP contribution in [-0.2, 0) is 9.53 Å². The Morgan fingerprint density at radius 2 is 1.63 bits per heavy atom. The molecular formula is C27H34N2O4S2. The Labute approximate surface area is 215 Å². The van der Waals surface area contributed by atoms with E-state index in [1.165, 1.54) is 11.1 Å². The molecule has 6 nitrogen and oxygen atoms in total. The fraction of sp³-hybridized carbons (Fsp3) is 0.481. The van der Waals surface area contributed by atoms with Gasteiger partial charge in [-0.3, -0.25) is 4.79 Å². The van der Waals surface area contributed by atoms with Crippen molar-refractivity contribution < 1.29 is 19.4 Å². The minimum Gasteiger partial charge on any atom is -0.449 e. The summed E-state index contributed by atoms with van der Waals surface area (Å²) in [6, 6.07) is 15.7. The number of amides is 2. The number of fused-ring (bicyclic) bond motifs is 3. The number of benzene rings is 2. The van der Waals surface area contributed by atoms with Crippen molar-refractivity contribution in [3.8, 4) is 11.1 Å². The Bertz CT molecular complexity index is 1000. The van der Waals surface area contributed by atoms with Crippen LogP contribution in [0.15, 0.2) is 48.5 Å². The van der Waals surface area contributed by atoms with Gasteiger partial charge in [0.2, 0.25) is 5.91 Å². The first kappa shape index (κ1) is 25.9. The molecule has 1 fully saturated rings. The number of nitrogens with zero attached hydrogens (tertiary/aromatic N) is 1. The molecule has 1 heterocycles. The average molecular weight is 515 g/mol. The third kappa shape index (κ3) is 6.54. The normalized spacial score (nSPS) is 17.0. The van der Waals surface area contributed by atoms with Gasteiger partial charge >= 0.3 is 6.09 Å². The molecule has 1 atom stereocenters. The van der Waals surface area contributed by atoms with Crippen molar-refractivity contribution >= 4 is 33.6 Å². The highest BCUT2D eigenvalue weighted by Crippen LogP contribution is 2.44. The second kappa shape index (κ2) is 11.3. The van der Waals surface area contributed by atoms with E-state index in [1.807, 2.05) is 24.3 Å². The lowest BCUT2D eigenvalue weighted by molar-refractivity contribution is -0.134. The number of rotatable bonds is 7. The summed E-state index contributed by atoms with van der Waals surface area (Å²) in [5, 5.41) is 12.6. The van der Waals surface area contributed by atoms with Gasteiger partial charge in [0, 0.05) is 29.5 Å². The minimum absolute atomic E-state index is 0.0308. The number of alkyl carbamates (subject to hydrolysis) is 1. The topological polar surface area (TPSA) is 78.9 Å². The molecule has 8 heteroatoms. The van der Waals surface area contributed by atoms with Crippen molar-refractivity contribution in [2.75, 3.05) is 25.4 Å². The first-order valence-corrected chi connectivity index (χ1v) is 14.4. The van der Waals surface area contributed by atoms with Gasteiger partial charge in [0.15, 0.2) is 0 Å². The number of piperidine rings is 1. The van der Waals surface area contributed by atoms with Gasteiger partial charge in [-0.05, 0) is 35.1 Å². The summed E-state index contributed by atoms with van der Waals surface area (Å²) >= 11 is 0. The maximum atomic E-state index is 13.2. The Hall–Kier alpha value is -2.16. The predicted molar refractivity (Wildman–Crippen MR) is 144 cm³/mol. The zero-order valence-electron chi connectivity index (χ0n) is 20.5. The van der Waals surface area contributed by atoms with Gasteiger partial charge < -0.3 is 20.1 Å². The standard InChI is InChI=1S/C27H34N2O4S2/c1-27(2,3)35-34-17-24(25(31)29-14-12-18(30)13-15-29)28-26(32)33-16-23-21-10-6-4-8-19(21)20-9-5-7-11-22(20)23/h4-11,18,23-24,30H,12-17H2,1-3H3,(H,28,32)/t24-/m0/s1. The summed E-state index contributed by atoms with van der Waals surface area (Å²) in [4.78, 5) is 27.8. The molecule has 35 heavy (non-hydrogen) atoms. The molecule has 1 saturated heterocycles. The van der Waals surface area contributed by atoms with Crippen molar-refractivity contribution in [2.45, 2.75) is 56.4 Å². The number of carbonyl (C=O) groups excluding carboxylic acids is 2. The van der Waals surface area contributed by atoms with Crippen molar-refractivity contribution in [2.24, 2.45) is 0 Å². The van der Waals surface area contributed by atoms with Crippen molar-refractivity contribution in [3.05, 3.63) is 59.7 Å². The van der Waals surface area contributed by atoms with E-state index in [9.17, 15) is 14.7 Å². The molecule has 1 aliphatic heterocycles. The van der Waals surface area contributed by atoms with Gasteiger partial charge in [-0.25, -0.2) is 4.79 Å².